The maximum absolute atomic E-state index is 7.13. The smallest absolute Gasteiger partial charge is 0.753 e. The van der Waals surface area contributed by atoms with Crippen LogP contribution in [0.3, 0.4) is 0 Å². The van der Waals surface area contributed by atoms with Gasteiger partial charge in [-0.1, -0.05) is 66.2 Å². The second-order valence-electron chi connectivity index (χ2n) is 8.41. The van der Waals surface area contributed by atoms with E-state index >= 15 is 0 Å². The Balaban J connectivity index is 0.000000224. The molecule has 4 heterocycles. The molecule has 0 fully saturated rings. The summed E-state index contributed by atoms with van der Waals surface area (Å²) >= 11 is 7.40. The van der Waals surface area contributed by atoms with Crippen molar-refractivity contribution in [1.29, 1.82) is 5.26 Å². The van der Waals surface area contributed by atoms with Gasteiger partial charge < -0.3 is 18.0 Å². The summed E-state index contributed by atoms with van der Waals surface area (Å²) in [6.45, 7) is 8.03. The minimum Gasteiger partial charge on any atom is -0.753 e. The van der Waals surface area contributed by atoms with E-state index < -0.39 is 0 Å². The Morgan fingerprint density at radius 1 is 0.564 bits per heavy atom. The molecule has 0 radical (unpaired) electrons. The van der Waals surface area contributed by atoms with Crippen LogP contribution in [-0.2, 0) is 29.7 Å². The Morgan fingerprint density at radius 3 is 0.897 bits per heavy atom. The van der Waals surface area contributed by atoms with Crippen molar-refractivity contribution >= 4 is 73.6 Å². The number of pyridine rings is 4. The molecular weight excluding hydrogens is 564 g/mol. The number of isothiocyanates is 1. The van der Waals surface area contributed by atoms with Crippen molar-refractivity contribution < 1.29 is 17.1 Å². The van der Waals surface area contributed by atoms with E-state index in [0.29, 0.717) is 0 Å². The SMILES string of the molecule is Cc1ccc2ccc3ccc(C)nc3c2n1.Cc1ccc2ccc3ccc(C)nc3c2n1.N#C[S-].[Fe+2].[N-]=C=S. The van der Waals surface area contributed by atoms with Crippen LogP contribution in [0.15, 0.2) is 72.8 Å². The zero-order valence-corrected chi connectivity index (χ0v) is 24.5. The Labute approximate surface area is 248 Å². The zero-order chi connectivity index (χ0) is 27.7. The van der Waals surface area contributed by atoms with E-state index in [9.17, 15) is 0 Å². The molecule has 0 saturated heterocycles. The second-order valence-corrected chi connectivity index (χ2v) is 8.78. The molecule has 0 unspecified atom stereocenters. The molecule has 0 aliphatic heterocycles. The minimum atomic E-state index is 0. The molecular formula is C30H24FeN6S2. The van der Waals surface area contributed by atoms with Gasteiger partial charge in [0.15, 0.2) is 0 Å². The number of benzene rings is 2. The number of hydrogen-bond acceptors (Lipinski definition) is 7. The Morgan fingerprint density at radius 2 is 0.718 bits per heavy atom. The summed E-state index contributed by atoms with van der Waals surface area (Å²) in [6.07, 6.45) is 0. The molecule has 9 heteroatoms. The fraction of sp³-hybridized carbons (Fsp3) is 0.133. The Kier molecular flexibility index (Phi) is 12.0. The molecule has 0 bridgehead atoms. The molecule has 0 atom stereocenters. The summed E-state index contributed by atoms with van der Waals surface area (Å²) < 4.78 is 0. The molecule has 6 aromatic rings. The van der Waals surface area contributed by atoms with E-state index in [0.717, 1.165) is 66.4 Å². The van der Waals surface area contributed by atoms with Gasteiger partial charge >= 0.3 is 17.1 Å². The molecule has 2 aromatic carbocycles. The van der Waals surface area contributed by atoms with Gasteiger partial charge in [0.2, 0.25) is 0 Å². The van der Waals surface area contributed by atoms with Crippen molar-refractivity contribution in [2.24, 2.45) is 0 Å². The van der Waals surface area contributed by atoms with Crippen LogP contribution in [0.25, 0.3) is 49.0 Å². The molecule has 0 saturated carbocycles. The number of thiocarbonyl (C=S) groups is 1. The first kappa shape index (κ1) is 31.3. The second kappa shape index (κ2) is 14.9. The summed E-state index contributed by atoms with van der Waals surface area (Å²) in [5, 5.41) is 21.5. The van der Waals surface area contributed by atoms with E-state index in [4.69, 9.17) is 10.7 Å². The van der Waals surface area contributed by atoms with Gasteiger partial charge in [0.05, 0.1) is 22.1 Å². The summed E-state index contributed by atoms with van der Waals surface area (Å²) in [5.41, 5.74) is 8.13. The molecule has 0 N–H and O–H groups in total. The first-order chi connectivity index (χ1) is 18.3. The van der Waals surface area contributed by atoms with Gasteiger partial charge in [-0.05, 0) is 52.0 Å². The van der Waals surface area contributed by atoms with E-state index in [2.05, 4.69) is 93.3 Å². The van der Waals surface area contributed by atoms with Crippen molar-refractivity contribution in [3.63, 3.8) is 0 Å². The van der Waals surface area contributed by atoms with E-state index in [-0.39, 0.29) is 17.1 Å². The van der Waals surface area contributed by atoms with E-state index in [1.807, 2.05) is 52.0 Å². The number of rotatable bonds is 0. The number of fused-ring (bicyclic) bond motifs is 6. The average molecular weight is 589 g/mol. The molecule has 0 aliphatic carbocycles. The maximum atomic E-state index is 7.13. The molecule has 0 spiro atoms. The van der Waals surface area contributed by atoms with Crippen LogP contribution in [0, 0.1) is 38.4 Å². The number of aromatic nitrogens is 4. The number of thiocyanates is 1. The van der Waals surface area contributed by atoms with Gasteiger partial charge in [-0.25, -0.2) is 5.26 Å². The Hall–Kier alpha value is -3.89. The van der Waals surface area contributed by atoms with Crippen molar-refractivity contribution in [2.75, 3.05) is 0 Å². The first-order valence-corrected chi connectivity index (χ1v) is 12.4. The number of aryl methyl sites for hydroxylation is 4. The van der Waals surface area contributed by atoms with Gasteiger partial charge in [-0.15, -0.1) is 0 Å². The predicted octanol–water partition coefficient (Wildman–Crippen LogP) is 7.47. The molecule has 6 nitrogen and oxygen atoms in total. The van der Waals surface area contributed by atoms with Crippen LogP contribution >= 0.6 is 12.2 Å². The summed E-state index contributed by atoms with van der Waals surface area (Å²) in [7, 11) is 0. The summed E-state index contributed by atoms with van der Waals surface area (Å²) in [5.74, 6) is 0. The number of nitrogens with zero attached hydrogens (tertiary/aromatic N) is 6. The zero-order valence-electron chi connectivity index (χ0n) is 21.8. The van der Waals surface area contributed by atoms with Crippen LogP contribution in [0.4, 0.5) is 0 Å². The third kappa shape index (κ3) is 8.05. The third-order valence-corrected chi connectivity index (χ3v) is 5.60. The van der Waals surface area contributed by atoms with Crippen molar-refractivity contribution in [1.82, 2.24) is 19.9 Å². The van der Waals surface area contributed by atoms with Gasteiger partial charge in [0.1, 0.15) is 0 Å². The topological polar surface area (TPSA) is 97.6 Å². The van der Waals surface area contributed by atoms with Crippen molar-refractivity contribution in [3.05, 3.63) is 101 Å². The molecule has 39 heavy (non-hydrogen) atoms. The van der Waals surface area contributed by atoms with Gasteiger partial charge in [0.25, 0.3) is 0 Å². The average Bonchev–Trinajstić information content (AvgIpc) is 2.90. The van der Waals surface area contributed by atoms with Gasteiger partial charge in [-0.3, -0.25) is 19.9 Å². The third-order valence-electron chi connectivity index (χ3n) is 5.60. The molecule has 0 aliphatic rings. The monoisotopic (exact) mass is 588 g/mol. The van der Waals surface area contributed by atoms with Crippen LogP contribution in [-0.4, -0.2) is 25.1 Å². The first-order valence-electron chi connectivity index (χ1n) is 11.6. The van der Waals surface area contributed by atoms with E-state index in [1.165, 1.54) is 10.6 Å². The molecule has 6 rings (SSSR count). The fourth-order valence-electron chi connectivity index (χ4n) is 3.93. The number of hydrogen-bond donors (Lipinski definition) is 0. The largest absolute Gasteiger partial charge is 2.00 e. The van der Waals surface area contributed by atoms with Crippen LogP contribution in [0.2, 0.25) is 0 Å². The fourth-order valence-corrected chi connectivity index (χ4v) is 3.93. The van der Waals surface area contributed by atoms with Crippen molar-refractivity contribution in [2.45, 2.75) is 27.7 Å². The van der Waals surface area contributed by atoms with Gasteiger partial charge in [0, 0.05) is 44.3 Å². The normalized spacial score (nSPS) is 9.51. The maximum Gasteiger partial charge on any atom is 2.00 e. The Bertz CT molecular complexity index is 1580. The minimum absolute atomic E-state index is 0. The predicted molar refractivity (Wildman–Crippen MR) is 162 cm³/mol. The number of nitriles is 1. The molecule has 4 aromatic heterocycles. The van der Waals surface area contributed by atoms with Gasteiger partial charge in [-0.2, -0.15) is 5.16 Å². The standard InChI is InChI=1S/2C14H12N2.CHNS.CNS.Fe/c2*1-9-3-5-11-7-8-12-6-4-10(2)16-14(12)13(11)15-9;2*2-1-3;/h2*3-8H,1-2H3;3H;;/q;;;-1;+2/p-1. The molecule has 0 amide bonds. The molecule has 194 valence electrons. The van der Waals surface area contributed by atoms with Crippen LogP contribution < -0.4 is 0 Å². The summed E-state index contributed by atoms with van der Waals surface area (Å²) in [4.78, 5) is 18.3. The van der Waals surface area contributed by atoms with Crippen molar-refractivity contribution in [3.8, 4) is 5.40 Å². The van der Waals surface area contributed by atoms with Crippen LogP contribution in [0.1, 0.15) is 22.8 Å². The van der Waals surface area contributed by atoms with E-state index in [1.54, 1.807) is 0 Å². The quantitative estimate of drug-likeness (QED) is 0.0453. The summed E-state index contributed by atoms with van der Waals surface area (Å²) in [6, 6.07) is 24.9. The van der Waals surface area contributed by atoms with Crippen LogP contribution in [0.5, 0.6) is 0 Å².